The van der Waals surface area contributed by atoms with Gasteiger partial charge in [0.05, 0.1) is 13.2 Å². The van der Waals surface area contributed by atoms with Crippen molar-refractivity contribution in [1.29, 1.82) is 0 Å². The van der Waals surface area contributed by atoms with Crippen molar-refractivity contribution in [3.05, 3.63) is 71.4 Å². The highest BCUT2D eigenvalue weighted by atomic mass is 16.3. The Hall–Kier alpha value is -3.45. The summed E-state index contributed by atoms with van der Waals surface area (Å²) in [6, 6.07) is 14.1. The molecule has 0 saturated heterocycles. The lowest BCUT2D eigenvalue weighted by atomic mass is 10.1. The van der Waals surface area contributed by atoms with Crippen LogP contribution >= 0.6 is 0 Å². The van der Waals surface area contributed by atoms with Crippen LogP contribution in [0.4, 0.5) is 11.4 Å². The summed E-state index contributed by atoms with van der Waals surface area (Å²) in [7, 11) is 0. The van der Waals surface area contributed by atoms with Gasteiger partial charge in [0.25, 0.3) is 17.7 Å². The number of β-amino-alcohol motifs (C(OH)–C–C–N with tert-alkyl or cyclic N) is 1. The van der Waals surface area contributed by atoms with Crippen molar-refractivity contribution in [1.82, 2.24) is 4.90 Å². The van der Waals surface area contributed by atoms with Gasteiger partial charge in [-0.25, -0.2) is 0 Å². The molecule has 0 atom stereocenters. The van der Waals surface area contributed by atoms with Crippen molar-refractivity contribution in [2.24, 2.45) is 0 Å². The number of aliphatic hydroxyl groups is 1. The Kier molecular flexibility index (Phi) is 5.33. The van der Waals surface area contributed by atoms with Gasteiger partial charge in [-0.2, -0.15) is 0 Å². The molecule has 0 aromatic heterocycles. The first-order chi connectivity index (χ1) is 13.0. The Morgan fingerprint density at radius 3 is 2.52 bits per heavy atom. The normalized spacial score (nSPS) is 13.6. The fourth-order valence-electron chi connectivity index (χ4n) is 2.73. The van der Waals surface area contributed by atoms with Crippen molar-refractivity contribution in [3.63, 3.8) is 0 Å². The number of carbonyl (C=O) groups is 3. The fourth-order valence-corrected chi connectivity index (χ4v) is 2.73. The maximum Gasteiger partial charge on any atom is 0.277 e. The van der Waals surface area contributed by atoms with Crippen LogP contribution in [-0.2, 0) is 9.59 Å². The number of carbonyl (C=O) groups excluding carboxylic acids is 3. The Labute approximate surface area is 156 Å². The highest BCUT2D eigenvalue weighted by Crippen LogP contribution is 2.23. The summed E-state index contributed by atoms with van der Waals surface area (Å²) in [5.74, 6) is -1.15. The molecule has 0 saturated carbocycles. The molecule has 1 aliphatic heterocycles. The minimum atomic E-state index is -0.479. The zero-order chi connectivity index (χ0) is 19.4. The van der Waals surface area contributed by atoms with Crippen LogP contribution < -0.4 is 10.6 Å². The second kappa shape index (κ2) is 7.84. The van der Waals surface area contributed by atoms with E-state index in [1.165, 1.54) is 6.08 Å². The third kappa shape index (κ3) is 4.04. The summed E-state index contributed by atoms with van der Waals surface area (Å²) in [6.45, 7) is 1.51. The summed E-state index contributed by atoms with van der Waals surface area (Å²) in [4.78, 5) is 37.2. The van der Waals surface area contributed by atoms with Crippen molar-refractivity contribution >= 4 is 29.1 Å². The lowest BCUT2D eigenvalue weighted by Crippen LogP contribution is -2.34. The average molecular weight is 365 g/mol. The zero-order valence-electron chi connectivity index (χ0n) is 14.7. The van der Waals surface area contributed by atoms with E-state index in [1.807, 2.05) is 13.0 Å². The molecule has 2 aromatic carbocycles. The standard InChI is InChI=1S/C20H19N3O4/c1-13-11-15(21-17-12-18(25)23(9-10-24)20(17)27)7-8-16(13)22-19(26)14-5-3-2-4-6-14/h2-8,11-12,21,24H,9-10H2,1H3,(H,22,26). The minimum absolute atomic E-state index is 0.0389. The van der Waals surface area contributed by atoms with Gasteiger partial charge in [0.2, 0.25) is 0 Å². The van der Waals surface area contributed by atoms with Gasteiger partial charge in [0.1, 0.15) is 5.70 Å². The quantitative estimate of drug-likeness (QED) is 0.679. The van der Waals surface area contributed by atoms with Gasteiger partial charge < -0.3 is 15.7 Å². The van der Waals surface area contributed by atoms with Crippen LogP contribution in [-0.4, -0.2) is 40.9 Å². The fraction of sp³-hybridized carbons (Fsp3) is 0.150. The second-order valence-electron chi connectivity index (χ2n) is 6.05. The van der Waals surface area contributed by atoms with Crippen LogP contribution in [0.2, 0.25) is 0 Å². The van der Waals surface area contributed by atoms with E-state index in [0.29, 0.717) is 16.9 Å². The Morgan fingerprint density at radius 2 is 1.85 bits per heavy atom. The van der Waals surface area contributed by atoms with Gasteiger partial charge in [-0.3, -0.25) is 19.3 Å². The van der Waals surface area contributed by atoms with Crippen LogP contribution in [0, 0.1) is 6.92 Å². The molecule has 3 amide bonds. The monoisotopic (exact) mass is 365 g/mol. The molecule has 3 N–H and O–H groups in total. The predicted molar refractivity (Wildman–Crippen MR) is 101 cm³/mol. The minimum Gasteiger partial charge on any atom is -0.395 e. The van der Waals surface area contributed by atoms with Crippen molar-refractivity contribution in [2.45, 2.75) is 6.92 Å². The highest BCUT2D eigenvalue weighted by molar-refractivity contribution is 6.17. The Balaban J connectivity index is 1.70. The van der Waals surface area contributed by atoms with E-state index in [0.717, 1.165) is 10.5 Å². The average Bonchev–Trinajstić information content (AvgIpc) is 2.92. The van der Waals surface area contributed by atoms with Crippen molar-refractivity contribution in [3.8, 4) is 0 Å². The lowest BCUT2D eigenvalue weighted by Gasteiger charge is -2.14. The van der Waals surface area contributed by atoms with E-state index in [1.54, 1.807) is 42.5 Å². The van der Waals surface area contributed by atoms with Crippen LogP contribution in [0.3, 0.4) is 0 Å². The van der Waals surface area contributed by atoms with E-state index in [-0.39, 0.29) is 24.8 Å². The number of anilines is 2. The molecule has 0 unspecified atom stereocenters. The molecule has 0 radical (unpaired) electrons. The first-order valence-corrected chi connectivity index (χ1v) is 8.42. The smallest absolute Gasteiger partial charge is 0.277 e. The van der Waals surface area contributed by atoms with E-state index >= 15 is 0 Å². The van der Waals surface area contributed by atoms with Crippen LogP contribution in [0.15, 0.2) is 60.3 Å². The second-order valence-corrected chi connectivity index (χ2v) is 6.05. The highest BCUT2D eigenvalue weighted by Gasteiger charge is 2.30. The molecule has 2 aromatic rings. The molecule has 7 nitrogen and oxygen atoms in total. The molecule has 1 heterocycles. The van der Waals surface area contributed by atoms with Crippen LogP contribution in [0.25, 0.3) is 0 Å². The van der Waals surface area contributed by atoms with Gasteiger partial charge in [-0.05, 0) is 42.8 Å². The predicted octanol–water partition coefficient (Wildman–Crippen LogP) is 1.90. The van der Waals surface area contributed by atoms with E-state index in [9.17, 15) is 14.4 Å². The molecule has 0 spiro atoms. The number of imide groups is 1. The van der Waals surface area contributed by atoms with Gasteiger partial charge in [0, 0.05) is 23.0 Å². The first-order valence-electron chi connectivity index (χ1n) is 8.42. The molecule has 0 bridgehead atoms. The van der Waals surface area contributed by atoms with Gasteiger partial charge in [-0.1, -0.05) is 18.2 Å². The third-order valence-electron chi connectivity index (χ3n) is 4.12. The number of nitrogens with zero attached hydrogens (tertiary/aromatic N) is 1. The maximum atomic E-state index is 12.3. The SMILES string of the molecule is Cc1cc(NC2=CC(=O)N(CCO)C2=O)ccc1NC(=O)c1ccccc1. The Bertz CT molecular complexity index is 922. The first kappa shape index (κ1) is 18.3. The number of amides is 3. The number of nitrogens with one attached hydrogen (secondary N) is 2. The summed E-state index contributed by atoms with van der Waals surface area (Å²) in [6.07, 6.45) is 1.21. The number of benzene rings is 2. The molecular formula is C20H19N3O4. The van der Waals surface area contributed by atoms with Crippen LogP contribution in [0.1, 0.15) is 15.9 Å². The molecule has 0 fully saturated rings. The van der Waals surface area contributed by atoms with E-state index < -0.39 is 11.8 Å². The number of aliphatic hydroxyl groups excluding tert-OH is 1. The van der Waals surface area contributed by atoms with Crippen molar-refractivity contribution < 1.29 is 19.5 Å². The molecule has 3 rings (SSSR count). The number of rotatable bonds is 6. The van der Waals surface area contributed by atoms with Crippen molar-refractivity contribution in [2.75, 3.05) is 23.8 Å². The third-order valence-corrected chi connectivity index (χ3v) is 4.12. The number of hydrogen-bond donors (Lipinski definition) is 3. The van der Waals surface area contributed by atoms with E-state index in [4.69, 9.17) is 5.11 Å². The lowest BCUT2D eigenvalue weighted by molar-refractivity contribution is -0.137. The molecular weight excluding hydrogens is 346 g/mol. The van der Waals surface area contributed by atoms with Gasteiger partial charge >= 0.3 is 0 Å². The maximum absolute atomic E-state index is 12.3. The van der Waals surface area contributed by atoms with Gasteiger partial charge in [0.15, 0.2) is 0 Å². The number of hydrogen-bond acceptors (Lipinski definition) is 5. The molecule has 1 aliphatic rings. The van der Waals surface area contributed by atoms with E-state index in [2.05, 4.69) is 10.6 Å². The summed E-state index contributed by atoms with van der Waals surface area (Å²) in [5, 5.41) is 14.7. The summed E-state index contributed by atoms with van der Waals surface area (Å²) < 4.78 is 0. The molecule has 7 heteroatoms. The molecule has 0 aliphatic carbocycles. The summed E-state index contributed by atoms with van der Waals surface area (Å²) >= 11 is 0. The van der Waals surface area contributed by atoms with Gasteiger partial charge in [-0.15, -0.1) is 0 Å². The molecule has 138 valence electrons. The van der Waals surface area contributed by atoms with Crippen LogP contribution in [0.5, 0.6) is 0 Å². The Morgan fingerprint density at radius 1 is 1.11 bits per heavy atom. The zero-order valence-corrected chi connectivity index (χ0v) is 14.7. The largest absolute Gasteiger partial charge is 0.395 e. The summed E-state index contributed by atoms with van der Waals surface area (Å²) in [5.41, 5.74) is 2.77. The topological polar surface area (TPSA) is 98.7 Å². The molecule has 27 heavy (non-hydrogen) atoms. The number of aryl methyl sites for hydroxylation is 1.